The van der Waals surface area contributed by atoms with E-state index in [2.05, 4.69) is 19.2 Å². The fourth-order valence-electron chi connectivity index (χ4n) is 0.939. The van der Waals surface area contributed by atoms with Gasteiger partial charge in [0, 0.05) is 19.7 Å². The highest BCUT2D eigenvalue weighted by Crippen LogP contribution is 1.98. The van der Waals surface area contributed by atoms with Crippen molar-refractivity contribution in [1.82, 2.24) is 5.32 Å². The lowest BCUT2D eigenvalue weighted by atomic mass is 10.2. The van der Waals surface area contributed by atoms with Crippen LogP contribution in [0.15, 0.2) is 0 Å². The topological polar surface area (TPSA) is 47.3 Å². The minimum Gasteiger partial charge on any atom is -0.382 e. The number of ether oxygens (including phenoxy) is 1. The molecule has 0 saturated carbocycles. The van der Waals surface area contributed by atoms with Crippen LogP contribution in [0.1, 0.15) is 26.7 Å². The predicted molar refractivity (Wildman–Crippen MR) is 52.2 cm³/mol. The monoisotopic (exact) mass is 174 g/mol. The number of nitrogens with two attached hydrogens (primary N) is 1. The van der Waals surface area contributed by atoms with Crippen molar-refractivity contribution in [3.05, 3.63) is 0 Å². The zero-order chi connectivity index (χ0) is 9.40. The number of rotatable bonds is 7. The fraction of sp³-hybridized carbons (Fsp3) is 1.00. The molecule has 0 aliphatic heterocycles. The molecule has 0 amide bonds. The fourth-order valence-corrected chi connectivity index (χ4v) is 0.939. The van der Waals surface area contributed by atoms with Crippen LogP contribution in [0.3, 0.4) is 0 Å². The SMILES string of the molecule is COC(C)CCCN[C@H](C)CN. The van der Waals surface area contributed by atoms with Crippen molar-refractivity contribution in [1.29, 1.82) is 0 Å². The molecule has 0 heterocycles. The quantitative estimate of drug-likeness (QED) is 0.560. The zero-order valence-electron chi connectivity index (χ0n) is 8.47. The standard InChI is InChI=1S/C9H22N2O/c1-8(7-10)11-6-4-5-9(2)12-3/h8-9,11H,4-7,10H2,1-3H3/t8-,9?/m1/s1. The maximum absolute atomic E-state index is 5.45. The van der Waals surface area contributed by atoms with E-state index >= 15 is 0 Å². The van der Waals surface area contributed by atoms with Crippen LogP contribution < -0.4 is 11.1 Å². The minimum atomic E-state index is 0.375. The van der Waals surface area contributed by atoms with Gasteiger partial charge in [-0.3, -0.25) is 0 Å². The first-order valence-electron chi connectivity index (χ1n) is 4.67. The number of hydrogen-bond acceptors (Lipinski definition) is 3. The average Bonchev–Trinajstić information content (AvgIpc) is 2.11. The zero-order valence-corrected chi connectivity index (χ0v) is 8.47. The van der Waals surface area contributed by atoms with Gasteiger partial charge in [0.1, 0.15) is 0 Å². The van der Waals surface area contributed by atoms with Gasteiger partial charge >= 0.3 is 0 Å². The minimum absolute atomic E-state index is 0.375. The Morgan fingerprint density at radius 2 is 2.08 bits per heavy atom. The Balaban J connectivity index is 3.10. The number of methoxy groups -OCH3 is 1. The van der Waals surface area contributed by atoms with Crippen molar-refractivity contribution in [3.8, 4) is 0 Å². The molecule has 0 aromatic carbocycles. The predicted octanol–water partition coefficient (Wildman–Crippen LogP) is 0.738. The van der Waals surface area contributed by atoms with Gasteiger partial charge in [0.2, 0.25) is 0 Å². The molecule has 0 spiro atoms. The third-order valence-corrected chi connectivity index (χ3v) is 2.04. The van der Waals surface area contributed by atoms with E-state index in [0.29, 0.717) is 18.7 Å². The normalized spacial score (nSPS) is 16.0. The Morgan fingerprint density at radius 1 is 1.42 bits per heavy atom. The molecule has 2 atom stereocenters. The van der Waals surface area contributed by atoms with Crippen LogP contribution in [0, 0.1) is 0 Å². The van der Waals surface area contributed by atoms with Crippen LogP contribution >= 0.6 is 0 Å². The molecule has 0 bridgehead atoms. The Morgan fingerprint density at radius 3 is 2.58 bits per heavy atom. The summed E-state index contributed by atoms with van der Waals surface area (Å²) in [5.74, 6) is 0. The van der Waals surface area contributed by atoms with Crippen molar-refractivity contribution in [2.75, 3.05) is 20.2 Å². The summed E-state index contributed by atoms with van der Waals surface area (Å²) in [6.45, 7) is 5.93. The Kier molecular flexibility index (Phi) is 7.45. The second kappa shape index (κ2) is 7.53. The van der Waals surface area contributed by atoms with Gasteiger partial charge in [-0.2, -0.15) is 0 Å². The van der Waals surface area contributed by atoms with E-state index in [1.165, 1.54) is 0 Å². The van der Waals surface area contributed by atoms with Crippen LogP contribution in [0.5, 0.6) is 0 Å². The highest BCUT2D eigenvalue weighted by molar-refractivity contribution is 4.61. The van der Waals surface area contributed by atoms with Gasteiger partial charge in [0.05, 0.1) is 6.10 Å². The average molecular weight is 174 g/mol. The third kappa shape index (κ3) is 6.58. The molecule has 1 unspecified atom stereocenters. The van der Waals surface area contributed by atoms with E-state index in [-0.39, 0.29) is 0 Å². The highest BCUT2D eigenvalue weighted by atomic mass is 16.5. The molecular weight excluding hydrogens is 152 g/mol. The van der Waals surface area contributed by atoms with Gasteiger partial charge < -0.3 is 15.8 Å². The summed E-state index contributed by atoms with van der Waals surface area (Å²) in [6, 6.07) is 0.433. The van der Waals surface area contributed by atoms with E-state index < -0.39 is 0 Å². The molecule has 3 nitrogen and oxygen atoms in total. The van der Waals surface area contributed by atoms with Crippen LogP contribution in [0.4, 0.5) is 0 Å². The van der Waals surface area contributed by atoms with Crippen LogP contribution in [0.2, 0.25) is 0 Å². The van der Waals surface area contributed by atoms with Gasteiger partial charge in [0.25, 0.3) is 0 Å². The van der Waals surface area contributed by atoms with Crippen molar-refractivity contribution < 1.29 is 4.74 Å². The van der Waals surface area contributed by atoms with Crippen molar-refractivity contribution in [3.63, 3.8) is 0 Å². The highest BCUT2D eigenvalue weighted by Gasteiger charge is 2.00. The van der Waals surface area contributed by atoms with Crippen molar-refractivity contribution in [2.45, 2.75) is 38.8 Å². The van der Waals surface area contributed by atoms with Gasteiger partial charge in [-0.05, 0) is 33.2 Å². The Hall–Kier alpha value is -0.120. The van der Waals surface area contributed by atoms with E-state index in [4.69, 9.17) is 10.5 Å². The van der Waals surface area contributed by atoms with E-state index in [9.17, 15) is 0 Å². The van der Waals surface area contributed by atoms with E-state index in [1.54, 1.807) is 7.11 Å². The van der Waals surface area contributed by atoms with E-state index in [0.717, 1.165) is 19.4 Å². The maximum Gasteiger partial charge on any atom is 0.0543 e. The molecule has 74 valence electrons. The molecule has 0 saturated heterocycles. The molecule has 0 fully saturated rings. The van der Waals surface area contributed by atoms with Gasteiger partial charge in [-0.25, -0.2) is 0 Å². The van der Waals surface area contributed by atoms with Gasteiger partial charge in [0.15, 0.2) is 0 Å². The molecule has 0 radical (unpaired) electrons. The lowest BCUT2D eigenvalue weighted by Crippen LogP contribution is -2.34. The van der Waals surface area contributed by atoms with E-state index in [1.807, 2.05) is 0 Å². The second-order valence-electron chi connectivity index (χ2n) is 3.28. The maximum atomic E-state index is 5.45. The Labute approximate surface area is 75.7 Å². The summed E-state index contributed by atoms with van der Waals surface area (Å²) in [5.41, 5.74) is 5.45. The summed E-state index contributed by atoms with van der Waals surface area (Å²) >= 11 is 0. The van der Waals surface area contributed by atoms with Crippen LogP contribution in [0.25, 0.3) is 0 Å². The largest absolute Gasteiger partial charge is 0.382 e. The first-order chi connectivity index (χ1) is 5.70. The van der Waals surface area contributed by atoms with Crippen LogP contribution in [-0.4, -0.2) is 32.3 Å². The molecule has 0 aliphatic carbocycles. The third-order valence-electron chi connectivity index (χ3n) is 2.04. The molecule has 3 heteroatoms. The van der Waals surface area contributed by atoms with Gasteiger partial charge in [-0.1, -0.05) is 0 Å². The molecule has 0 aliphatic rings. The molecule has 0 aromatic heterocycles. The summed E-state index contributed by atoms with van der Waals surface area (Å²) in [7, 11) is 1.75. The van der Waals surface area contributed by atoms with Crippen molar-refractivity contribution >= 4 is 0 Å². The molecule has 0 rings (SSSR count). The first-order valence-corrected chi connectivity index (χ1v) is 4.67. The summed E-state index contributed by atoms with van der Waals surface area (Å²) < 4.78 is 5.13. The van der Waals surface area contributed by atoms with Crippen molar-refractivity contribution in [2.24, 2.45) is 5.73 Å². The summed E-state index contributed by atoms with van der Waals surface area (Å²) in [5, 5.41) is 3.33. The molecule has 3 N–H and O–H groups in total. The molecule has 12 heavy (non-hydrogen) atoms. The number of hydrogen-bond donors (Lipinski definition) is 2. The second-order valence-corrected chi connectivity index (χ2v) is 3.28. The first kappa shape index (κ1) is 11.9. The summed E-state index contributed by atoms with van der Waals surface area (Å²) in [4.78, 5) is 0. The summed E-state index contributed by atoms with van der Waals surface area (Å²) in [6.07, 6.45) is 2.64. The van der Waals surface area contributed by atoms with Gasteiger partial charge in [-0.15, -0.1) is 0 Å². The van der Waals surface area contributed by atoms with Crippen LogP contribution in [-0.2, 0) is 4.74 Å². The lowest BCUT2D eigenvalue weighted by molar-refractivity contribution is 0.109. The number of nitrogens with one attached hydrogen (secondary N) is 1. The molecule has 0 aromatic rings. The lowest BCUT2D eigenvalue weighted by Gasteiger charge is -2.12. The Bertz CT molecular complexity index is 86.5. The molecular formula is C9H22N2O. The smallest absolute Gasteiger partial charge is 0.0543 e.